The standard InChI is InChI=1S/C15H19BrN2Si/c1-4-19(5-2,6-3)8-7-12-9-18-14-11-17-10-13(16)15(12)14/h9-11,18H,4-6H2,1-3H3. The molecule has 0 aliphatic heterocycles. The second-order valence-corrected chi connectivity index (χ2v) is 10.6. The predicted molar refractivity (Wildman–Crippen MR) is 87.9 cm³/mol. The highest BCUT2D eigenvalue weighted by Crippen LogP contribution is 2.26. The Balaban J connectivity index is 2.48. The second-order valence-electron chi connectivity index (χ2n) is 4.84. The molecular weight excluding hydrogens is 316 g/mol. The summed E-state index contributed by atoms with van der Waals surface area (Å²) in [7, 11) is -1.38. The maximum atomic E-state index is 4.17. The van der Waals surface area contributed by atoms with Gasteiger partial charge in [-0.3, -0.25) is 4.98 Å². The fourth-order valence-electron chi connectivity index (χ4n) is 2.35. The van der Waals surface area contributed by atoms with Gasteiger partial charge in [-0.2, -0.15) is 0 Å². The van der Waals surface area contributed by atoms with E-state index >= 15 is 0 Å². The Kier molecular flexibility index (Phi) is 4.49. The van der Waals surface area contributed by atoms with E-state index in [0.717, 1.165) is 20.9 Å². The first-order valence-corrected chi connectivity index (χ1v) is 10.2. The summed E-state index contributed by atoms with van der Waals surface area (Å²) >= 11 is 3.56. The molecule has 0 spiro atoms. The van der Waals surface area contributed by atoms with Crippen LogP contribution in [0.15, 0.2) is 23.1 Å². The Bertz CT molecular complexity index is 624. The number of aromatic amines is 1. The minimum absolute atomic E-state index is 1.01. The van der Waals surface area contributed by atoms with Crippen LogP contribution in [0.1, 0.15) is 26.3 Å². The summed E-state index contributed by atoms with van der Waals surface area (Å²) in [5.41, 5.74) is 5.75. The van der Waals surface area contributed by atoms with Crippen molar-refractivity contribution in [3.8, 4) is 11.5 Å². The lowest BCUT2D eigenvalue weighted by atomic mass is 10.2. The van der Waals surface area contributed by atoms with Gasteiger partial charge in [0.2, 0.25) is 0 Å². The van der Waals surface area contributed by atoms with E-state index in [1.165, 1.54) is 18.1 Å². The first-order chi connectivity index (χ1) is 9.15. The molecule has 100 valence electrons. The molecule has 2 aromatic rings. The van der Waals surface area contributed by atoms with Gasteiger partial charge in [-0.25, -0.2) is 0 Å². The minimum Gasteiger partial charge on any atom is -0.359 e. The average molecular weight is 335 g/mol. The number of rotatable bonds is 3. The second kappa shape index (κ2) is 5.94. The molecule has 0 radical (unpaired) electrons. The van der Waals surface area contributed by atoms with Crippen molar-refractivity contribution in [1.82, 2.24) is 9.97 Å². The molecule has 2 heterocycles. The summed E-state index contributed by atoms with van der Waals surface area (Å²) in [5, 5.41) is 1.15. The number of fused-ring (bicyclic) bond motifs is 1. The number of hydrogen-bond acceptors (Lipinski definition) is 1. The lowest BCUT2D eigenvalue weighted by Crippen LogP contribution is -2.29. The van der Waals surface area contributed by atoms with E-state index in [4.69, 9.17) is 0 Å². The lowest BCUT2D eigenvalue weighted by molar-refractivity contribution is 1.20. The van der Waals surface area contributed by atoms with Gasteiger partial charge in [-0.1, -0.05) is 26.7 Å². The van der Waals surface area contributed by atoms with Crippen LogP contribution in [0.25, 0.3) is 10.9 Å². The number of hydrogen-bond donors (Lipinski definition) is 1. The van der Waals surface area contributed by atoms with E-state index in [2.05, 4.69) is 58.1 Å². The zero-order chi connectivity index (χ0) is 13.9. The topological polar surface area (TPSA) is 28.7 Å². The van der Waals surface area contributed by atoms with Crippen molar-refractivity contribution >= 4 is 34.9 Å². The predicted octanol–water partition coefficient (Wildman–Crippen LogP) is 4.72. The molecule has 0 fully saturated rings. The fraction of sp³-hybridized carbons (Fsp3) is 0.400. The van der Waals surface area contributed by atoms with Crippen molar-refractivity contribution in [2.24, 2.45) is 0 Å². The van der Waals surface area contributed by atoms with Crippen LogP contribution in [-0.4, -0.2) is 18.0 Å². The molecule has 0 saturated heterocycles. The monoisotopic (exact) mass is 334 g/mol. The average Bonchev–Trinajstić information content (AvgIpc) is 2.86. The zero-order valence-electron chi connectivity index (χ0n) is 11.7. The molecule has 0 unspecified atom stereocenters. The zero-order valence-corrected chi connectivity index (χ0v) is 14.3. The number of nitrogens with one attached hydrogen (secondary N) is 1. The fourth-order valence-corrected chi connectivity index (χ4v) is 5.33. The number of nitrogens with zero attached hydrogens (tertiary/aromatic N) is 1. The maximum Gasteiger partial charge on any atom is 0.138 e. The normalized spacial score (nSPS) is 11.4. The van der Waals surface area contributed by atoms with E-state index in [1.54, 1.807) is 0 Å². The highest BCUT2D eigenvalue weighted by Gasteiger charge is 2.24. The van der Waals surface area contributed by atoms with E-state index in [0.29, 0.717) is 0 Å². The molecule has 2 aromatic heterocycles. The third-order valence-electron chi connectivity index (χ3n) is 4.03. The Morgan fingerprint density at radius 2 is 1.89 bits per heavy atom. The van der Waals surface area contributed by atoms with Gasteiger partial charge in [0.1, 0.15) is 8.07 Å². The first-order valence-electron chi connectivity index (χ1n) is 6.79. The van der Waals surface area contributed by atoms with Crippen molar-refractivity contribution in [3.05, 3.63) is 28.6 Å². The molecule has 4 heteroatoms. The Morgan fingerprint density at radius 1 is 1.21 bits per heavy atom. The molecule has 2 nitrogen and oxygen atoms in total. The molecule has 19 heavy (non-hydrogen) atoms. The quantitative estimate of drug-likeness (QED) is 0.638. The molecule has 0 aromatic carbocycles. The van der Waals surface area contributed by atoms with Crippen LogP contribution in [0, 0.1) is 11.5 Å². The first kappa shape index (κ1) is 14.4. The SMILES string of the molecule is CC[Si](C#Cc1c[nH]c2cncc(Br)c12)(CC)CC. The summed E-state index contributed by atoms with van der Waals surface area (Å²) in [5.74, 6) is 3.42. The Morgan fingerprint density at radius 3 is 2.53 bits per heavy atom. The van der Waals surface area contributed by atoms with Crippen LogP contribution < -0.4 is 0 Å². The summed E-state index contributed by atoms with van der Waals surface area (Å²) in [6.07, 6.45) is 5.66. The highest BCUT2D eigenvalue weighted by molar-refractivity contribution is 9.10. The van der Waals surface area contributed by atoms with Crippen LogP contribution in [0.2, 0.25) is 18.1 Å². The van der Waals surface area contributed by atoms with Gasteiger partial charge in [-0.05, 0) is 34.1 Å². The molecular formula is C15H19BrN2Si. The third kappa shape index (κ3) is 2.77. The molecule has 1 N–H and O–H groups in total. The third-order valence-corrected chi connectivity index (χ3v) is 9.35. The summed E-state index contributed by atoms with van der Waals surface area (Å²) < 4.78 is 1.01. The van der Waals surface area contributed by atoms with E-state index in [1.807, 2.05) is 18.6 Å². The van der Waals surface area contributed by atoms with Crippen LogP contribution in [0.4, 0.5) is 0 Å². The summed E-state index contributed by atoms with van der Waals surface area (Å²) in [4.78, 5) is 7.41. The number of aromatic nitrogens is 2. The van der Waals surface area contributed by atoms with Gasteiger partial charge < -0.3 is 4.98 Å². The maximum absolute atomic E-state index is 4.17. The molecule has 2 rings (SSSR count). The van der Waals surface area contributed by atoms with Crippen LogP contribution in [0.3, 0.4) is 0 Å². The lowest BCUT2D eigenvalue weighted by Gasteiger charge is -2.19. The van der Waals surface area contributed by atoms with Gasteiger partial charge in [0.05, 0.1) is 17.3 Å². The molecule has 0 amide bonds. The van der Waals surface area contributed by atoms with E-state index in [-0.39, 0.29) is 0 Å². The van der Waals surface area contributed by atoms with Crippen molar-refractivity contribution in [1.29, 1.82) is 0 Å². The summed E-state index contributed by atoms with van der Waals surface area (Å²) in [6, 6.07) is 3.70. The highest BCUT2D eigenvalue weighted by atomic mass is 79.9. The molecule has 0 atom stereocenters. The number of halogens is 1. The Labute approximate surface area is 124 Å². The van der Waals surface area contributed by atoms with Crippen molar-refractivity contribution in [2.75, 3.05) is 0 Å². The van der Waals surface area contributed by atoms with E-state index < -0.39 is 8.07 Å². The van der Waals surface area contributed by atoms with E-state index in [9.17, 15) is 0 Å². The minimum atomic E-state index is -1.38. The van der Waals surface area contributed by atoms with Crippen molar-refractivity contribution in [2.45, 2.75) is 38.9 Å². The molecule has 0 aliphatic carbocycles. The molecule has 0 saturated carbocycles. The van der Waals surface area contributed by atoms with Gasteiger partial charge in [-0.15, -0.1) is 5.54 Å². The molecule has 0 aliphatic rings. The van der Waals surface area contributed by atoms with Gasteiger partial charge in [0.25, 0.3) is 0 Å². The molecule has 0 bridgehead atoms. The van der Waals surface area contributed by atoms with Crippen LogP contribution >= 0.6 is 15.9 Å². The van der Waals surface area contributed by atoms with Crippen LogP contribution in [0.5, 0.6) is 0 Å². The van der Waals surface area contributed by atoms with Gasteiger partial charge in [0.15, 0.2) is 0 Å². The number of H-pyrrole nitrogens is 1. The van der Waals surface area contributed by atoms with Gasteiger partial charge >= 0.3 is 0 Å². The smallest absolute Gasteiger partial charge is 0.138 e. The largest absolute Gasteiger partial charge is 0.359 e. The van der Waals surface area contributed by atoms with Gasteiger partial charge in [0, 0.05) is 22.3 Å². The van der Waals surface area contributed by atoms with Crippen LogP contribution in [-0.2, 0) is 0 Å². The number of pyridine rings is 1. The summed E-state index contributed by atoms with van der Waals surface area (Å²) in [6.45, 7) is 6.84. The Hall–Kier alpha value is -1.05. The van der Waals surface area contributed by atoms with Crippen molar-refractivity contribution in [3.63, 3.8) is 0 Å². The van der Waals surface area contributed by atoms with Crippen molar-refractivity contribution < 1.29 is 0 Å².